The van der Waals surface area contributed by atoms with Crippen molar-refractivity contribution in [3.63, 3.8) is 0 Å². The Bertz CT molecular complexity index is 640. The second kappa shape index (κ2) is 5.78. The Balaban J connectivity index is 3.40. The van der Waals surface area contributed by atoms with Crippen LogP contribution in [0.25, 0.3) is 0 Å². The number of hydrogen-bond acceptors (Lipinski definition) is 4. The molecule has 0 amide bonds. The first-order valence-electron chi connectivity index (χ1n) is 6.56. The van der Waals surface area contributed by atoms with Crippen molar-refractivity contribution < 1.29 is 23.4 Å². The molecule has 21 heavy (non-hydrogen) atoms. The SMILES string of the molecule is CCN(CC(C)(C)O)S(=O)(=O)c1c(C)[nH]c(C(=O)O)c1C. The minimum atomic E-state index is -3.88. The minimum Gasteiger partial charge on any atom is -0.477 e. The molecule has 1 aromatic rings. The van der Waals surface area contributed by atoms with Crippen molar-refractivity contribution in [2.24, 2.45) is 0 Å². The number of aromatic nitrogens is 1. The first-order valence-corrected chi connectivity index (χ1v) is 8.00. The van der Waals surface area contributed by atoms with Gasteiger partial charge in [-0.2, -0.15) is 4.31 Å². The summed E-state index contributed by atoms with van der Waals surface area (Å²) in [5.41, 5.74) is -0.865. The summed E-state index contributed by atoms with van der Waals surface area (Å²) < 4.78 is 26.6. The summed E-state index contributed by atoms with van der Waals surface area (Å²) in [5.74, 6) is -1.21. The molecule has 0 atom stereocenters. The highest BCUT2D eigenvalue weighted by molar-refractivity contribution is 7.89. The molecule has 7 nitrogen and oxygen atoms in total. The Labute approximate surface area is 124 Å². The number of aromatic amines is 1. The highest BCUT2D eigenvalue weighted by Crippen LogP contribution is 2.27. The summed E-state index contributed by atoms with van der Waals surface area (Å²) in [4.78, 5) is 13.7. The molecule has 0 aliphatic rings. The quantitative estimate of drug-likeness (QED) is 0.727. The van der Waals surface area contributed by atoms with Crippen molar-refractivity contribution in [3.8, 4) is 0 Å². The van der Waals surface area contributed by atoms with Crippen molar-refractivity contribution >= 4 is 16.0 Å². The van der Waals surface area contributed by atoms with Crippen molar-refractivity contribution in [2.45, 2.75) is 45.1 Å². The molecule has 0 fully saturated rings. The van der Waals surface area contributed by atoms with Crippen molar-refractivity contribution in [2.75, 3.05) is 13.1 Å². The van der Waals surface area contributed by atoms with Crippen LogP contribution in [-0.4, -0.2) is 52.6 Å². The van der Waals surface area contributed by atoms with Crippen molar-refractivity contribution in [3.05, 3.63) is 17.0 Å². The second-order valence-electron chi connectivity index (χ2n) is 5.63. The van der Waals surface area contributed by atoms with E-state index in [1.54, 1.807) is 6.92 Å². The Morgan fingerprint density at radius 3 is 2.19 bits per heavy atom. The van der Waals surface area contributed by atoms with Crippen LogP contribution in [0.4, 0.5) is 0 Å². The molecule has 0 saturated heterocycles. The molecule has 0 spiro atoms. The van der Waals surface area contributed by atoms with Crippen LogP contribution in [0, 0.1) is 13.8 Å². The van der Waals surface area contributed by atoms with Gasteiger partial charge in [-0.15, -0.1) is 0 Å². The van der Waals surface area contributed by atoms with E-state index >= 15 is 0 Å². The number of carbonyl (C=O) groups is 1. The standard InChI is InChI=1S/C13H22N2O5S/c1-6-15(7-13(4,5)18)21(19,20)11-8(2)10(12(16)17)14-9(11)3/h14,18H,6-7H2,1-5H3,(H,16,17). The molecule has 120 valence electrons. The summed E-state index contributed by atoms with van der Waals surface area (Å²) in [5, 5.41) is 18.9. The normalized spacial score (nSPS) is 12.9. The van der Waals surface area contributed by atoms with Crippen LogP contribution in [0.15, 0.2) is 4.90 Å². The number of likely N-dealkylation sites (N-methyl/N-ethyl adjacent to an activating group) is 1. The van der Waals surface area contributed by atoms with Gasteiger partial charge in [0.25, 0.3) is 0 Å². The molecule has 0 saturated carbocycles. The van der Waals surface area contributed by atoms with Gasteiger partial charge in [-0.1, -0.05) is 6.92 Å². The first kappa shape index (κ1) is 17.7. The monoisotopic (exact) mass is 318 g/mol. The number of H-pyrrole nitrogens is 1. The molecule has 0 aliphatic carbocycles. The lowest BCUT2D eigenvalue weighted by molar-refractivity contribution is 0.0600. The zero-order valence-corrected chi connectivity index (χ0v) is 13.7. The minimum absolute atomic E-state index is 0.0361. The molecule has 0 aliphatic heterocycles. The molecule has 0 unspecified atom stereocenters. The zero-order chi connectivity index (χ0) is 16.6. The summed E-state index contributed by atoms with van der Waals surface area (Å²) >= 11 is 0. The van der Waals surface area contributed by atoms with Gasteiger partial charge in [0.05, 0.1) is 5.60 Å². The Morgan fingerprint density at radius 1 is 1.33 bits per heavy atom. The fourth-order valence-electron chi connectivity index (χ4n) is 2.26. The molecule has 1 heterocycles. The van der Waals surface area contributed by atoms with Crippen LogP contribution in [0.2, 0.25) is 0 Å². The van der Waals surface area contributed by atoms with Crippen LogP contribution in [0.5, 0.6) is 0 Å². The first-order chi connectivity index (χ1) is 9.41. The molecular weight excluding hydrogens is 296 g/mol. The van der Waals surface area contributed by atoms with Crippen LogP contribution in [0.1, 0.15) is 42.5 Å². The van der Waals surface area contributed by atoms with Gasteiger partial charge in [0.2, 0.25) is 10.0 Å². The molecular formula is C13H22N2O5S. The number of nitrogens with zero attached hydrogens (tertiary/aromatic N) is 1. The predicted molar refractivity (Wildman–Crippen MR) is 78.0 cm³/mol. The lowest BCUT2D eigenvalue weighted by atomic mass is 10.1. The second-order valence-corrected chi connectivity index (χ2v) is 7.50. The van der Waals surface area contributed by atoms with E-state index in [-0.39, 0.29) is 34.9 Å². The van der Waals surface area contributed by atoms with Gasteiger partial charge in [-0.05, 0) is 27.7 Å². The third kappa shape index (κ3) is 3.63. The van der Waals surface area contributed by atoms with Gasteiger partial charge in [-0.3, -0.25) is 0 Å². The summed E-state index contributed by atoms with van der Waals surface area (Å²) in [7, 11) is -3.88. The third-order valence-electron chi connectivity index (χ3n) is 3.10. The Morgan fingerprint density at radius 2 is 1.86 bits per heavy atom. The van der Waals surface area contributed by atoms with Gasteiger partial charge in [0.1, 0.15) is 10.6 Å². The number of rotatable bonds is 6. The maximum Gasteiger partial charge on any atom is 0.352 e. The van der Waals surface area contributed by atoms with E-state index in [4.69, 9.17) is 5.11 Å². The average molecular weight is 318 g/mol. The smallest absolute Gasteiger partial charge is 0.352 e. The van der Waals surface area contributed by atoms with Crippen LogP contribution < -0.4 is 0 Å². The molecule has 3 N–H and O–H groups in total. The predicted octanol–water partition coefficient (Wildman–Crippen LogP) is 1.11. The van der Waals surface area contributed by atoms with E-state index in [1.165, 1.54) is 27.7 Å². The highest BCUT2D eigenvalue weighted by Gasteiger charge is 2.33. The number of hydrogen-bond donors (Lipinski definition) is 3. The fraction of sp³-hybridized carbons (Fsp3) is 0.615. The molecule has 0 aromatic carbocycles. The zero-order valence-electron chi connectivity index (χ0n) is 12.9. The molecule has 0 bridgehead atoms. The fourth-order valence-corrected chi connectivity index (χ4v) is 4.27. The van der Waals surface area contributed by atoms with Crippen LogP contribution >= 0.6 is 0 Å². The largest absolute Gasteiger partial charge is 0.477 e. The molecule has 1 aromatic heterocycles. The Kier molecular flexibility index (Phi) is 4.87. The van der Waals surface area contributed by atoms with Crippen LogP contribution in [0.3, 0.4) is 0 Å². The lowest BCUT2D eigenvalue weighted by Crippen LogP contribution is -2.42. The number of carboxylic acid groups (broad SMARTS) is 1. The Hall–Kier alpha value is -1.38. The number of sulfonamides is 1. The van der Waals surface area contributed by atoms with Crippen molar-refractivity contribution in [1.82, 2.24) is 9.29 Å². The van der Waals surface area contributed by atoms with Gasteiger partial charge in [0.15, 0.2) is 0 Å². The summed E-state index contributed by atoms with van der Waals surface area (Å²) in [6.07, 6.45) is 0. The third-order valence-corrected chi connectivity index (χ3v) is 5.29. The van der Waals surface area contributed by atoms with E-state index < -0.39 is 21.6 Å². The van der Waals surface area contributed by atoms with E-state index in [0.29, 0.717) is 0 Å². The van der Waals surface area contributed by atoms with E-state index in [2.05, 4.69) is 4.98 Å². The highest BCUT2D eigenvalue weighted by atomic mass is 32.2. The van der Waals surface area contributed by atoms with E-state index in [1.807, 2.05) is 0 Å². The van der Waals surface area contributed by atoms with E-state index in [9.17, 15) is 18.3 Å². The lowest BCUT2D eigenvalue weighted by Gasteiger charge is -2.27. The number of nitrogens with one attached hydrogen (secondary N) is 1. The molecule has 0 radical (unpaired) electrons. The topological polar surface area (TPSA) is 111 Å². The number of aryl methyl sites for hydroxylation is 1. The van der Waals surface area contributed by atoms with Gasteiger partial charge in [-0.25, -0.2) is 13.2 Å². The van der Waals surface area contributed by atoms with Crippen LogP contribution in [-0.2, 0) is 10.0 Å². The van der Waals surface area contributed by atoms with Gasteiger partial charge < -0.3 is 15.2 Å². The van der Waals surface area contributed by atoms with Crippen molar-refractivity contribution in [1.29, 1.82) is 0 Å². The van der Waals surface area contributed by atoms with Gasteiger partial charge in [0, 0.05) is 24.3 Å². The molecule has 1 rings (SSSR count). The summed E-state index contributed by atoms with van der Waals surface area (Å²) in [6, 6.07) is 0. The summed E-state index contributed by atoms with van der Waals surface area (Å²) in [6.45, 7) is 7.78. The maximum absolute atomic E-state index is 12.7. The number of aliphatic hydroxyl groups is 1. The van der Waals surface area contributed by atoms with Gasteiger partial charge >= 0.3 is 5.97 Å². The van der Waals surface area contributed by atoms with E-state index in [0.717, 1.165) is 4.31 Å². The molecule has 8 heteroatoms. The maximum atomic E-state index is 12.7. The number of carboxylic acids is 1. The number of aromatic carboxylic acids is 1. The average Bonchev–Trinajstić information content (AvgIpc) is 2.60.